The summed E-state index contributed by atoms with van der Waals surface area (Å²) < 4.78 is 6.43. The van der Waals surface area contributed by atoms with E-state index in [4.69, 9.17) is 4.43 Å². The second kappa shape index (κ2) is 4.25. The molecule has 0 bridgehead atoms. The second-order valence-corrected chi connectivity index (χ2v) is 26.2. The first-order valence-corrected chi connectivity index (χ1v) is 16.0. The van der Waals surface area contributed by atoms with Gasteiger partial charge < -0.3 is 4.43 Å². The highest BCUT2D eigenvalue weighted by Gasteiger charge is 2.41. The van der Waals surface area contributed by atoms with Crippen LogP contribution >= 0.6 is 0 Å². The zero-order valence-corrected chi connectivity index (χ0v) is 14.4. The Morgan fingerprint density at radius 1 is 1.25 bits per heavy atom. The zero-order valence-electron chi connectivity index (χ0n) is 10.8. The minimum Gasteiger partial charge on any atom is -0.414 e. The van der Waals surface area contributed by atoms with Crippen molar-refractivity contribution in [3.63, 3.8) is 0 Å². The van der Waals surface area contributed by atoms with Crippen LogP contribution in [0.3, 0.4) is 0 Å². The smallest absolute Gasteiger partial charge is 0.185 e. The van der Waals surface area contributed by atoms with E-state index in [9.17, 15) is 0 Å². The van der Waals surface area contributed by atoms with Gasteiger partial charge in [0.05, 0.1) is 0 Å². The van der Waals surface area contributed by atoms with Crippen LogP contribution in [0.15, 0.2) is 30.3 Å². The molecule has 1 aromatic carbocycles. The van der Waals surface area contributed by atoms with Gasteiger partial charge in [0.2, 0.25) is 0 Å². The molecule has 0 amide bonds. The fourth-order valence-electron chi connectivity index (χ4n) is 3.05. The summed E-state index contributed by atoms with van der Waals surface area (Å²) in [6, 6.07) is 12.4. The van der Waals surface area contributed by atoms with Gasteiger partial charge >= 0.3 is 0 Å². The molecule has 1 nitrogen and oxygen atoms in total. The summed E-state index contributed by atoms with van der Waals surface area (Å²) in [5, 5.41) is 1.54. The maximum Gasteiger partial charge on any atom is 0.185 e. The van der Waals surface area contributed by atoms with Crippen LogP contribution in [0.4, 0.5) is 0 Å². The normalized spacial score (nSPS) is 29.1. The van der Waals surface area contributed by atoms with Crippen LogP contribution in [0, 0.1) is 0 Å². The van der Waals surface area contributed by atoms with E-state index in [1.165, 1.54) is 6.04 Å². The van der Waals surface area contributed by atoms with Crippen molar-refractivity contribution in [2.75, 3.05) is 0 Å². The summed E-state index contributed by atoms with van der Waals surface area (Å²) in [5.74, 6) is 0. The third-order valence-electron chi connectivity index (χ3n) is 3.27. The predicted octanol–water partition coefficient (Wildman–Crippen LogP) is 1.30. The molecule has 4 heteroatoms. The fourth-order valence-corrected chi connectivity index (χ4v) is 30.3. The van der Waals surface area contributed by atoms with Gasteiger partial charge in [-0.1, -0.05) is 43.4 Å². The van der Waals surface area contributed by atoms with Crippen LogP contribution in [0.2, 0.25) is 19.1 Å². The molecule has 1 aromatic rings. The first-order valence-electron chi connectivity index (χ1n) is 6.11. The van der Waals surface area contributed by atoms with E-state index in [0.717, 1.165) is 0 Å². The molecule has 2 rings (SSSR count). The van der Waals surface area contributed by atoms with E-state index < -0.39 is 16.1 Å². The largest absolute Gasteiger partial charge is 0.414 e. The van der Waals surface area contributed by atoms with Gasteiger partial charge in [-0.25, -0.2) is 0 Å². The molecule has 1 fully saturated rings. The molecule has 0 aliphatic carbocycles. The molecule has 1 heterocycles. The Labute approximate surface area is 103 Å². The van der Waals surface area contributed by atoms with E-state index in [1.807, 2.05) is 0 Å². The number of hydrogen-bond acceptors (Lipinski definition) is 1. The molecule has 0 saturated carbocycles. The zero-order chi connectivity index (χ0) is 11.8. The first kappa shape index (κ1) is 12.3. The minimum absolute atomic E-state index is 0.0389. The molecule has 1 saturated heterocycles. The van der Waals surface area contributed by atoms with E-state index in [-0.39, 0.29) is 14.2 Å². The van der Waals surface area contributed by atoms with Crippen molar-refractivity contribution in [1.29, 1.82) is 0 Å². The molecule has 88 valence electrons. The van der Waals surface area contributed by atoms with Gasteiger partial charge in [-0.2, -0.15) is 0 Å². The molecule has 1 unspecified atom stereocenters. The van der Waals surface area contributed by atoms with Crippen molar-refractivity contribution >= 4 is 29.9 Å². The summed E-state index contributed by atoms with van der Waals surface area (Å²) in [7, 11) is -1.89. The van der Waals surface area contributed by atoms with Gasteiger partial charge in [0, 0.05) is 21.7 Å². The molecule has 1 atom stereocenters. The van der Waals surface area contributed by atoms with E-state index in [1.54, 1.807) is 5.19 Å². The summed E-state index contributed by atoms with van der Waals surface area (Å²) in [6.45, 7) is 9.73. The summed E-state index contributed by atoms with van der Waals surface area (Å²) >= 11 is 0. The van der Waals surface area contributed by atoms with Crippen LogP contribution in [-0.2, 0) is 4.43 Å². The van der Waals surface area contributed by atoms with Crippen LogP contribution in [-0.4, -0.2) is 30.3 Å². The van der Waals surface area contributed by atoms with Gasteiger partial charge in [0.1, 0.15) is 0 Å². The predicted molar refractivity (Wildman–Crippen MR) is 79.2 cm³/mol. The third-order valence-corrected chi connectivity index (χ3v) is 29.0. The Morgan fingerprint density at radius 3 is 2.44 bits per heavy atom. The standard InChI is InChI=1S/C12H22OSi3/c1-12(2)10-16(3,4)14-15(13-12)11-8-6-5-7-9-11/h5-9,15H,10,14H2,1-4H3. The summed E-state index contributed by atoms with van der Waals surface area (Å²) in [5.41, 5.74) is 0.147. The molecule has 0 aromatic heterocycles. The van der Waals surface area contributed by atoms with Gasteiger partial charge in [0.15, 0.2) is 8.56 Å². The molecular weight excluding hydrogens is 244 g/mol. The van der Waals surface area contributed by atoms with E-state index in [2.05, 4.69) is 57.3 Å². The fraction of sp³-hybridized carbons (Fsp3) is 0.500. The lowest BCUT2D eigenvalue weighted by Gasteiger charge is -2.43. The molecule has 1 aliphatic heterocycles. The lowest BCUT2D eigenvalue weighted by Crippen LogP contribution is -2.62. The highest BCUT2D eigenvalue weighted by molar-refractivity contribution is 7.49. The Bertz CT molecular complexity index is 346. The maximum absolute atomic E-state index is 6.43. The first-order chi connectivity index (χ1) is 7.38. The number of hydrogen-bond donors (Lipinski definition) is 0. The van der Waals surface area contributed by atoms with Gasteiger partial charge in [-0.05, 0) is 25.1 Å². The minimum atomic E-state index is -1.03. The topological polar surface area (TPSA) is 9.23 Å². The summed E-state index contributed by atoms with van der Waals surface area (Å²) in [6.07, 6.45) is 0. The van der Waals surface area contributed by atoms with E-state index >= 15 is 0 Å². The Kier molecular flexibility index (Phi) is 3.27. The van der Waals surface area contributed by atoms with Crippen molar-refractivity contribution in [2.45, 2.75) is 38.6 Å². The molecule has 16 heavy (non-hydrogen) atoms. The van der Waals surface area contributed by atoms with Crippen LogP contribution in [0.1, 0.15) is 13.8 Å². The highest BCUT2D eigenvalue weighted by Crippen LogP contribution is 2.29. The van der Waals surface area contributed by atoms with Crippen molar-refractivity contribution in [3.05, 3.63) is 30.3 Å². The maximum atomic E-state index is 6.43. The average Bonchev–Trinajstić information content (AvgIpc) is 2.14. The molecule has 0 N–H and O–H groups in total. The monoisotopic (exact) mass is 266 g/mol. The van der Waals surface area contributed by atoms with Crippen molar-refractivity contribution < 1.29 is 4.43 Å². The molecule has 1 aliphatic rings. The molecule has 0 spiro atoms. The Hall–Kier alpha value is -0.169. The highest BCUT2D eigenvalue weighted by atomic mass is 29.6. The SMILES string of the molecule is CC1(C)C[Si](C)(C)[SiH2][SiH](c2ccccc2)O1. The van der Waals surface area contributed by atoms with Gasteiger partial charge in [0.25, 0.3) is 0 Å². The number of rotatable bonds is 1. The van der Waals surface area contributed by atoms with Crippen molar-refractivity contribution in [1.82, 2.24) is 0 Å². The quantitative estimate of drug-likeness (QED) is 0.696. The van der Waals surface area contributed by atoms with Gasteiger partial charge in [-0.3, -0.25) is 0 Å². The average molecular weight is 267 g/mol. The lowest BCUT2D eigenvalue weighted by atomic mass is 10.2. The van der Waals surface area contributed by atoms with Gasteiger partial charge in [-0.15, -0.1) is 0 Å². The van der Waals surface area contributed by atoms with Crippen molar-refractivity contribution in [2.24, 2.45) is 0 Å². The lowest BCUT2D eigenvalue weighted by molar-refractivity contribution is 0.134. The van der Waals surface area contributed by atoms with Crippen LogP contribution in [0.25, 0.3) is 0 Å². The van der Waals surface area contributed by atoms with Crippen LogP contribution < -0.4 is 5.19 Å². The molecular formula is C12H22OSi3. The Morgan fingerprint density at radius 2 is 1.88 bits per heavy atom. The second-order valence-electron chi connectivity index (χ2n) is 6.32. The third kappa shape index (κ3) is 2.94. The number of benzene rings is 1. The van der Waals surface area contributed by atoms with Crippen LogP contribution in [0.5, 0.6) is 0 Å². The molecule has 0 radical (unpaired) electrons. The summed E-state index contributed by atoms with van der Waals surface area (Å²) in [4.78, 5) is 0. The Balaban J connectivity index is 2.23. The van der Waals surface area contributed by atoms with Crippen molar-refractivity contribution in [3.8, 4) is 0 Å². The van der Waals surface area contributed by atoms with E-state index in [0.29, 0.717) is 0 Å².